The van der Waals surface area contributed by atoms with E-state index in [2.05, 4.69) is 31.7 Å². The summed E-state index contributed by atoms with van der Waals surface area (Å²) in [4.78, 5) is 2.34. The van der Waals surface area contributed by atoms with Crippen molar-refractivity contribution < 1.29 is 0 Å². The molecule has 0 atom stereocenters. The fraction of sp³-hybridized carbons (Fsp3) is 0.818. The normalized spacial score (nSPS) is 20.5. The predicted octanol–water partition coefficient (Wildman–Crippen LogP) is 2.91. The van der Waals surface area contributed by atoms with Gasteiger partial charge in [-0.1, -0.05) is 26.8 Å². The van der Waals surface area contributed by atoms with Crippen LogP contribution < -0.4 is 0 Å². The highest BCUT2D eigenvalue weighted by atomic mass is 32.1. The summed E-state index contributed by atoms with van der Waals surface area (Å²) in [6.07, 6.45) is 6.18. The Morgan fingerprint density at radius 2 is 1.69 bits per heavy atom. The molecule has 0 unspecified atom stereocenters. The highest BCUT2D eigenvalue weighted by Gasteiger charge is 2.09. The minimum Gasteiger partial charge on any atom is -0.763 e. The van der Waals surface area contributed by atoms with Gasteiger partial charge in [-0.05, 0) is 24.7 Å². The fourth-order valence-electron chi connectivity index (χ4n) is 1.58. The molecule has 0 N–H and O–H groups in total. The first kappa shape index (κ1) is 10.8. The average molecular weight is 198 g/mol. The van der Waals surface area contributed by atoms with Crippen molar-refractivity contribution in [3.63, 3.8) is 0 Å². The zero-order valence-corrected chi connectivity index (χ0v) is 9.78. The van der Waals surface area contributed by atoms with Gasteiger partial charge >= 0.3 is 0 Å². The molecule has 1 aliphatic heterocycles. The zero-order chi connectivity index (χ0) is 9.90. The molecule has 1 fully saturated rings. The van der Waals surface area contributed by atoms with Crippen LogP contribution in [0.5, 0.6) is 0 Å². The Bertz CT molecular complexity index is 185. The van der Waals surface area contributed by atoms with Crippen molar-refractivity contribution in [3.05, 3.63) is 11.1 Å². The number of nitrogens with zero attached hydrogens (tertiary/aromatic N) is 1. The molecule has 0 spiro atoms. The number of allylic oxidation sites excluding steroid dienone is 1. The second-order valence-electron chi connectivity index (χ2n) is 4.90. The molecule has 2 heteroatoms. The summed E-state index contributed by atoms with van der Waals surface area (Å²) in [5, 5.41) is 1.05. The van der Waals surface area contributed by atoms with E-state index in [1.54, 1.807) is 0 Å². The first-order chi connectivity index (χ1) is 5.99. The molecular formula is C11H20NS-. The number of likely N-dealkylation sites (tertiary alicyclic amines) is 1. The van der Waals surface area contributed by atoms with Crippen LogP contribution in [-0.2, 0) is 12.6 Å². The maximum atomic E-state index is 5.39. The van der Waals surface area contributed by atoms with Gasteiger partial charge in [0, 0.05) is 13.1 Å². The highest BCUT2D eigenvalue weighted by Crippen LogP contribution is 2.21. The van der Waals surface area contributed by atoms with Crippen LogP contribution in [0.2, 0.25) is 0 Å². The van der Waals surface area contributed by atoms with Crippen molar-refractivity contribution in [3.8, 4) is 0 Å². The van der Waals surface area contributed by atoms with E-state index < -0.39 is 0 Å². The standard InChI is InChI=1S/C11H21NS/c1-11(2,3)9-10(13)12-7-5-4-6-8-12/h9,13H,4-8H2,1-3H3/p-1/b10-9-. The molecule has 0 bridgehead atoms. The Balaban J connectivity index is 2.54. The van der Waals surface area contributed by atoms with Gasteiger partial charge in [0.15, 0.2) is 0 Å². The molecule has 0 radical (unpaired) electrons. The molecule has 0 aromatic rings. The smallest absolute Gasteiger partial charge is 0.0156 e. The van der Waals surface area contributed by atoms with E-state index in [0.717, 1.165) is 18.1 Å². The lowest BCUT2D eigenvalue weighted by Gasteiger charge is -2.37. The van der Waals surface area contributed by atoms with Crippen LogP contribution in [0.15, 0.2) is 11.1 Å². The Morgan fingerprint density at radius 3 is 2.15 bits per heavy atom. The Morgan fingerprint density at radius 1 is 1.15 bits per heavy atom. The first-order valence-electron chi connectivity index (χ1n) is 5.14. The molecule has 76 valence electrons. The lowest BCUT2D eigenvalue weighted by Crippen LogP contribution is -2.29. The molecule has 1 nitrogen and oxygen atoms in total. The maximum absolute atomic E-state index is 5.39. The van der Waals surface area contributed by atoms with Crippen LogP contribution in [0.1, 0.15) is 40.0 Å². The van der Waals surface area contributed by atoms with Crippen LogP contribution in [0.3, 0.4) is 0 Å². The van der Waals surface area contributed by atoms with E-state index in [0.29, 0.717) is 0 Å². The van der Waals surface area contributed by atoms with Gasteiger partial charge in [-0.15, -0.1) is 5.03 Å². The summed E-state index contributed by atoms with van der Waals surface area (Å²) in [7, 11) is 0. The third-order valence-electron chi connectivity index (χ3n) is 2.22. The lowest BCUT2D eigenvalue weighted by atomic mass is 9.97. The molecule has 0 amide bonds. The number of piperidine rings is 1. The van der Waals surface area contributed by atoms with E-state index in [1.165, 1.54) is 19.3 Å². The molecule has 1 rings (SSSR count). The fourth-order valence-corrected chi connectivity index (χ4v) is 2.11. The van der Waals surface area contributed by atoms with E-state index in [1.807, 2.05) is 0 Å². The molecule has 0 aliphatic carbocycles. The molecule has 13 heavy (non-hydrogen) atoms. The lowest BCUT2D eigenvalue weighted by molar-refractivity contribution is 0.298. The van der Waals surface area contributed by atoms with Crippen LogP contribution >= 0.6 is 0 Å². The van der Waals surface area contributed by atoms with Gasteiger partial charge in [0.1, 0.15) is 0 Å². The van der Waals surface area contributed by atoms with Crippen molar-refractivity contribution in [1.82, 2.24) is 4.90 Å². The summed E-state index contributed by atoms with van der Waals surface area (Å²) in [6, 6.07) is 0. The van der Waals surface area contributed by atoms with Crippen LogP contribution in [0, 0.1) is 5.41 Å². The highest BCUT2D eigenvalue weighted by molar-refractivity contribution is 7.63. The van der Waals surface area contributed by atoms with Crippen molar-refractivity contribution in [2.45, 2.75) is 40.0 Å². The summed E-state index contributed by atoms with van der Waals surface area (Å²) in [5.74, 6) is 0. The maximum Gasteiger partial charge on any atom is 0.0156 e. The topological polar surface area (TPSA) is 3.24 Å². The average Bonchev–Trinajstić information content (AvgIpc) is 2.03. The van der Waals surface area contributed by atoms with Crippen molar-refractivity contribution in [2.75, 3.05) is 13.1 Å². The minimum atomic E-state index is 0.217. The van der Waals surface area contributed by atoms with Gasteiger partial charge in [-0.25, -0.2) is 0 Å². The number of hydrogen-bond donors (Lipinski definition) is 0. The van der Waals surface area contributed by atoms with Gasteiger partial charge in [-0.3, -0.25) is 0 Å². The predicted molar refractivity (Wildman–Crippen MR) is 60.3 cm³/mol. The van der Waals surface area contributed by atoms with Crippen LogP contribution in [-0.4, -0.2) is 18.0 Å². The molecule has 1 saturated heterocycles. The molecular weight excluding hydrogens is 178 g/mol. The SMILES string of the molecule is CC(C)(C)/C=C(\[S-])N1CCCCC1. The van der Waals surface area contributed by atoms with E-state index in [-0.39, 0.29) is 5.41 Å². The van der Waals surface area contributed by atoms with Crippen molar-refractivity contribution >= 4 is 12.6 Å². The minimum absolute atomic E-state index is 0.217. The van der Waals surface area contributed by atoms with E-state index in [9.17, 15) is 0 Å². The van der Waals surface area contributed by atoms with Crippen molar-refractivity contribution in [2.24, 2.45) is 5.41 Å². The number of rotatable bonds is 1. The van der Waals surface area contributed by atoms with Gasteiger partial charge in [0.25, 0.3) is 0 Å². The molecule has 0 aromatic carbocycles. The second kappa shape index (κ2) is 4.32. The van der Waals surface area contributed by atoms with Gasteiger partial charge in [-0.2, -0.15) is 0 Å². The largest absolute Gasteiger partial charge is 0.763 e. The third-order valence-corrected chi connectivity index (χ3v) is 2.60. The van der Waals surface area contributed by atoms with E-state index >= 15 is 0 Å². The summed E-state index contributed by atoms with van der Waals surface area (Å²) in [6.45, 7) is 8.91. The monoisotopic (exact) mass is 198 g/mol. The third kappa shape index (κ3) is 3.99. The molecule has 1 heterocycles. The second-order valence-corrected chi connectivity index (χ2v) is 5.31. The summed E-state index contributed by atoms with van der Waals surface area (Å²) >= 11 is 5.39. The summed E-state index contributed by atoms with van der Waals surface area (Å²) in [5.41, 5.74) is 0.217. The summed E-state index contributed by atoms with van der Waals surface area (Å²) < 4.78 is 0. The quantitative estimate of drug-likeness (QED) is 0.596. The van der Waals surface area contributed by atoms with Crippen LogP contribution in [0.4, 0.5) is 0 Å². The number of hydrogen-bond acceptors (Lipinski definition) is 2. The van der Waals surface area contributed by atoms with E-state index in [4.69, 9.17) is 12.6 Å². The van der Waals surface area contributed by atoms with Crippen LogP contribution in [0.25, 0.3) is 0 Å². The van der Waals surface area contributed by atoms with Gasteiger partial charge in [0.05, 0.1) is 0 Å². The molecule has 1 aliphatic rings. The first-order valence-corrected chi connectivity index (χ1v) is 5.55. The van der Waals surface area contributed by atoms with Crippen molar-refractivity contribution in [1.29, 1.82) is 0 Å². The van der Waals surface area contributed by atoms with Gasteiger partial charge < -0.3 is 17.5 Å². The van der Waals surface area contributed by atoms with Gasteiger partial charge in [0.2, 0.25) is 0 Å². The molecule has 0 aromatic heterocycles. The molecule has 0 saturated carbocycles. The Labute approximate surface area is 87.6 Å². The Kier molecular flexibility index (Phi) is 3.60. The Hall–Kier alpha value is -0.240. The zero-order valence-electron chi connectivity index (χ0n) is 8.97.